The van der Waals surface area contributed by atoms with Crippen molar-refractivity contribution in [3.8, 4) is 0 Å². The highest BCUT2D eigenvalue weighted by molar-refractivity contribution is 5.49. The highest BCUT2D eigenvalue weighted by Gasteiger charge is 2.10. The molecule has 78 valence electrons. The van der Waals surface area contributed by atoms with Gasteiger partial charge in [0, 0.05) is 6.42 Å². The molecule has 0 spiro atoms. The molecule has 1 unspecified atom stereocenters. The Kier molecular flexibility index (Phi) is 6.02. The van der Waals surface area contributed by atoms with Crippen molar-refractivity contribution in [2.24, 2.45) is 11.3 Å². The zero-order valence-corrected chi connectivity index (χ0v) is 9.60. The first-order chi connectivity index (χ1) is 5.95. The van der Waals surface area contributed by atoms with Gasteiger partial charge in [-0.25, -0.2) is 0 Å². The van der Waals surface area contributed by atoms with Gasteiger partial charge in [0.05, 0.1) is 0 Å². The van der Waals surface area contributed by atoms with Gasteiger partial charge in [-0.2, -0.15) is 0 Å². The predicted octanol–water partition coefficient (Wildman–Crippen LogP) is 3.82. The van der Waals surface area contributed by atoms with Crippen molar-refractivity contribution < 1.29 is 4.79 Å². The molecule has 0 aromatic carbocycles. The van der Waals surface area contributed by atoms with E-state index in [1.807, 2.05) is 0 Å². The third-order valence-electron chi connectivity index (χ3n) is 2.40. The molecule has 0 heterocycles. The summed E-state index contributed by atoms with van der Waals surface area (Å²) < 4.78 is 0. The molecule has 1 heteroatoms. The third kappa shape index (κ3) is 9.59. The quantitative estimate of drug-likeness (QED) is 0.573. The molecule has 0 saturated carbocycles. The smallest absolute Gasteiger partial charge is 0.120 e. The molecule has 1 atom stereocenters. The largest absolute Gasteiger partial charge is 0.303 e. The topological polar surface area (TPSA) is 17.1 Å². The number of carbonyl (C=O) groups is 1. The molecule has 0 N–H and O–H groups in total. The number of hydrogen-bond donors (Lipinski definition) is 0. The minimum atomic E-state index is 0.463. The van der Waals surface area contributed by atoms with Gasteiger partial charge in [-0.15, -0.1) is 0 Å². The van der Waals surface area contributed by atoms with E-state index in [1.165, 1.54) is 19.3 Å². The zero-order valence-electron chi connectivity index (χ0n) is 9.60. The van der Waals surface area contributed by atoms with Crippen LogP contribution in [0.2, 0.25) is 0 Å². The summed E-state index contributed by atoms with van der Waals surface area (Å²) in [4.78, 5) is 10.1. The molecule has 0 radical (unpaired) electrons. The molecule has 0 bridgehead atoms. The molecule has 1 nitrogen and oxygen atoms in total. The van der Waals surface area contributed by atoms with Crippen molar-refractivity contribution in [1.82, 2.24) is 0 Å². The van der Waals surface area contributed by atoms with Gasteiger partial charge < -0.3 is 4.79 Å². The Balaban J connectivity index is 3.36. The molecule has 0 aliphatic rings. The van der Waals surface area contributed by atoms with Crippen molar-refractivity contribution in [3.63, 3.8) is 0 Å². The van der Waals surface area contributed by atoms with E-state index in [-0.39, 0.29) is 0 Å². The maximum absolute atomic E-state index is 10.1. The lowest BCUT2D eigenvalue weighted by Crippen LogP contribution is -2.05. The summed E-state index contributed by atoms with van der Waals surface area (Å²) in [6, 6.07) is 0. The van der Waals surface area contributed by atoms with E-state index >= 15 is 0 Å². The number of rotatable bonds is 6. The van der Waals surface area contributed by atoms with Crippen molar-refractivity contribution in [1.29, 1.82) is 0 Å². The minimum absolute atomic E-state index is 0.463. The lowest BCUT2D eigenvalue weighted by Gasteiger charge is -2.19. The Morgan fingerprint density at radius 2 is 1.85 bits per heavy atom. The van der Waals surface area contributed by atoms with Crippen LogP contribution in [0.5, 0.6) is 0 Å². The van der Waals surface area contributed by atoms with Crippen LogP contribution >= 0.6 is 0 Å². The van der Waals surface area contributed by atoms with E-state index in [0.29, 0.717) is 11.3 Å². The highest BCUT2D eigenvalue weighted by atomic mass is 16.1. The maximum atomic E-state index is 10.1. The summed E-state index contributed by atoms with van der Waals surface area (Å²) >= 11 is 0. The van der Waals surface area contributed by atoms with E-state index in [2.05, 4.69) is 27.7 Å². The summed E-state index contributed by atoms with van der Waals surface area (Å²) in [6.07, 6.45) is 6.68. The van der Waals surface area contributed by atoms with Crippen molar-refractivity contribution in [2.45, 2.75) is 59.8 Å². The second kappa shape index (κ2) is 6.17. The Labute approximate surface area is 82.9 Å². The van der Waals surface area contributed by atoms with E-state index < -0.39 is 0 Å². The second-order valence-corrected chi connectivity index (χ2v) is 5.30. The monoisotopic (exact) mass is 184 g/mol. The molecule has 0 rings (SSSR count). The predicted molar refractivity (Wildman–Crippen MR) is 57.8 cm³/mol. The summed E-state index contributed by atoms with van der Waals surface area (Å²) in [5, 5.41) is 0. The van der Waals surface area contributed by atoms with Gasteiger partial charge in [0.1, 0.15) is 6.29 Å². The number of aldehydes is 1. The van der Waals surface area contributed by atoms with Crippen molar-refractivity contribution in [2.75, 3.05) is 0 Å². The first-order valence-electron chi connectivity index (χ1n) is 5.39. The summed E-state index contributed by atoms with van der Waals surface area (Å²) in [6.45, 7) is 9.08. The van der Waals surface area contributed by atoms with Crippen LogP contribution in [0.25, 0.3) is 0 Å². The Bertz CT molecular complexity index is 133. The van der Waals surface area contributed by atoms with Gasteiger partial charge in [-0.1, -0.05) is 40.5 Å². The van der Waals surface area contributed by atoms with Crippen LogP contribution in [0.3, 0.4) is 0 Å². The zero-order chi connectivity index (χ0) is 10.3. The minimum Gasteiger partial charge on any atom is -0.303 e. The normalized spacial score (nSPS) is 14.2. The molecular weight excluding hydrogens is 160 g/mol. The first kappa shape index (κ1) is 12.7. The third-order valence-corrected chi connectivity index (χ3v) is 2.40. The fourth-order valence-electron chi connectivity index (χ4n) is 1.48. The van der Waals surface area contributed by atoms with Crippen LogP contribution < -0.4 is 0 Å². The van der Waals surface area contributed by atoms with Gasteiger partial charge in [-0.05, 0) is 24.2 Å². The fourth-order valence-corrected chi connectivity index (χ4v) is 1.48. The van der Waals surface area contributed by atoms with Gasteiger partial charge >= 0.3 is 0 Å². The summed E-state index contributed by atoms with van der Waals surface area (Å²) in [7, 11) is 0. The van der Waals surface area contributed by atoms with E-state index in [1.54, 1.807) is 0 Å². The van der Waals surface area contributed by atoms with Crippen LogP contribution in [-0.2, 0) is 4.79 Å². The van der Waals surface area contributed by atoms with E-state index in [0.717, 1.165) is 19.1 Å². The molecule has 0 amide bonds. The summed E-state index contributed by atoms with van der Waals surface area (Å²) in [5.41, 5.74) is 0.463. The molecule has 0 aromatic rings. The van der Waals surface area contributed by atoms with Crippen LogP contribution in [0.1, 0.15) is 59.8 Å². The highest BCUT2D eigenvalue weighted by Crippen LogP contribution is 2.24. The van der Waals surface area contributed by atoms with Crippen LogP contribution in [0.15, 0.2) is 0 Å². The Morgan fingerprint density at radius 3 is 2.31 bits per heavy atom. The van der Waals surface area contributed by atoms with Crippen LogP contribution in [0.4, 0.5) is 0 Å². The van der Waals surface area contributed by atoms with E-state index in [9.17, 15) is 4.79 Å². The average Bonchev–Trinajstić information content (AvgIpc) is 1.98. The molecule has 13 heavy (non-hydrogen) atoms. The molecular formula is C12H24O. The van der Waals surface area contributed by atoms with Crippen LogP contribution in [0, 0.1) is 11.3 Å². The van der Waals surface area contributed by atoms with Gasteiger partial charge in [0.15, 0.2) is 0 Å². The van der Waals surface area contributed by atoms with Crippen LogP contribution in [-0.4, -0.2) is 6.29 Å². The number of hydrogen-bond acceptors (Lipinski definition) is 1. The second-order valence-electron chi connectivity index (χ2n) is 5.30. The maximum Gasteiger partial charge on any atom is 0.120 e. The lowest BCUT2D eigenvalue weighted by molar-refractivity contribution is -0.108. The molecule has 0 aromatic heterocycles. The molecule has 0 saturated heterocycles. The van der Waals surface area contributed by atoms with Gasteiger partial charge in [0.2, 0.25) is 0 Å². The fraction of sp³-hybridized carbons (Fsp3) is 0.917. The van der Waals surface area contributed by atoms with Crippen molar-refractivity contribution >= 4 is 6.29 Å². The standard InChI is InChI=1S/C12H24O/c1-11(8-6-10-13)7-5-9-12(2,3)4/h10-11H,5-9H2,1-4H3. The average molecular weight is 184 g/mol. The van der Waals surface area contributed by atoms with Crippen molar-refractivity contribution in [3.05, 3.63) is 0 Å². The first-order valence-corrected chi connectivity index (χ1v) is 5.39. The number of carbonyl (C=O) groups excluding carboxylic acids is 1. The Hall–Kier alpha value is -0.330. The Morgan fingerprint density at radius 1 is 1.23 bits per heavy atom. The molecule has 0 fully saturated rings. The lowest BCUT2D eigenvalue weighted by atomic mass is 9.87. The molecule has 0 aliphatic carbocycles. The SMILES string of the molecule is CC(CCC=O)CCCC(C)(C)C. The summed E-state index contributed by atoms with van der Waals surface area (Å²) in [5.74, 6) is 0.715. The van der Waals surface area contributed by atoms with E-state index in [4.69, 9.17) is 0 Å². The van der Waals surface area contributed by atoms with Gasteiger partial charge in [-0.3, -0.25) is 0 Å². The molecule has 0 aliphatic heterocycles. The van der Waals surface area contributed by atoms with Gasteiger partial charge in [0.25, 0.3) is 0 Å².